The van der Waals surface area contributed by atoms with Crippen molar-refractivity contribution in [2.75, 3.05) is 11.5 Å². The Morgan fingerprint density at radius 3 is 2.72 bits per heavy atom. The van der Waals surface area contributed by atoms with E-state index < -0.39 is 0 Å². The fourth-order valence-electron chi connectivity index (χ4n) is 3.14. The first kappa shape index (κ1) is 15.8. The first-order valence-electron chi connectivity index (χ1n) is 8.08. The van der Waals surface area contributed by atoms with Crippen molar-refractivity contribution in [3.63, 3.8) is 0 Å². The average molecular weight is 347 g/mol. The molecule has 0 radical (unpaired) electrons. The van der Waals surface area contributed by atoms with Gasteiger partial charge in [0, 0.05) is 17.3 Å². The third-order valence-corrected chi connectivity index (χ3v) is 5.15. The molecule has 1 aliphatic rings. The number of aryl methyl sites for hydroxylation is 1. The summed E-state index contributed by atoms with van der Waals surface area (Å²) in [5, 5.41) is 0.539. The molecule has 0 fully saturated rings. The topological polar surface area (TPSA) is 68.9 Å². The Morgan fingerprint density at radius 1 is 1.08 bits per heavy atom. The van der Waals surface area contributed by atoms with Crippen LogP contribution in [0.5, 0.6) is 0 Å². The lowest BCUT2D eigenvalue weighted by Gasteiger charge is -2.06. The molecule has 2 N–H and O–H groups in total. The minimum atomic E-state index is 0.0702. The molecule has 4 rings (SSSR count). The molecular weight excluding hydrogens is 330 g/mol. The number of Topliss-reactive ketones (excluding diaryl/α,β-unsaturated/α-hetero) is 1. The first-order chi connectivity index (χ1) is 12.1. The average Bonchev–Trinajstić information content (AvgIpc) is 2.96. The molecule has 3 aromatic rings. The van der Waals surface area contributed by atoms with Crippen LogP contribution >= 0.6 is 11.8 Å². The molecule has 1 aromatic heterocycles. The maximum atomic E-state index is 12.6. The minimum Gasteiger partial charge on any atom is -0.384 e. The molecule has 0 saturated carbocycles. The van der Waals surface area contributed by atoms with Crippen molar-refractivity contribution < 1.29 is 4.79 Å². The van der Waals surface area contributed by atoms with Crippen LogP contribution in [-0.2, 0) is 6.42 Å². The van der Waals surface area contributed by atoms with E-state index in [0.29, 0.717) is 16.7 Å². The molecule has 2 aromatic carbocycles. The van der Waals surface area contributed by atoms with E-state index in [2.05, 4.69) is 34.2 Å². The van der Waals surface area contributed by atoms with Crippen LogP contribution in [0.25, 0.3) is 11.1 Å². The second-order valence-corrected chi connectivity index (χ2v) is 7.08. The Bertz CT molecular complexity index is 964. The summed E-state index contributed by atoms with van der Waals surface area (Å²) in [5.41, 5.74) is 12.3. The molecule has 1 heterocycles. The van der Waals surface area contributed by atoms with E-state index in [1.807, 2.05) is 25.1 Å². The Balaban J connectivity index is 1.54. The lowest BCUT2D eigenvalue weighted by atomic mass is 10.0. The van der Waals surface area contributed by atoms with E-state index in [1.54, 1.807) is 6.07 Å². The van der Waals surface area contributed by atoms with Crippen molar-refractivity contribution >= 4 is 23.4 Å². The van der Waals surface area contributed by atoms with E-state index in [1.165, 1.54) is 34.0 Å². The van der Waals surface area contributed by atoms with Gasteiger partial charge in [-0.2, -0.15) is 0 Å². The number of rotatable bonds is 4. The van der Waals surface area contributed by atoms with Gasteiger partial charge in [-0.3, -0.25) is 4.79 Å². The molecule has 5 heteroatoms. The quantitative estimate of drug-likeness (QED) is 0.344. The number of aromatic nitrogens is 2. The van der Waals surface area contributed by atoms with Gasteiger partial charge in [0.2, 0.25) is 0 Å². The van der Waals surface area contributed by atoms with Crippen molar-refractivity contribution in [1.82, 2.24) is 9.97 Å². The number of carbonyl (C=O) groups is 1. The van der Waals surface area contributed by atoms with Crippen molar-refractivity contribution in [3.8, 4) is 11.1 Å². The number of benzene rings is 2. The Kier molecular flexibility index (Phi) is 4.01. The van der Waals surface area contributed by atoms with Gasteiger partial charge in [0.05, 0.1) is 5.75 Å². The van der Waals surface area contributed by atoms with E-state index in [-0.39, 0.29) is 5.78 Å². The molecule has 1 aliphatic carbocycles. The molecule has 25 heavy (non-hydrogen) atoms. The minimum absolute atomic E-state index is 0.0702. The zero-order valence-electron chi connectivity index (χ0n) is 13.8. The Labute approximate surface area is 150 Å². The van der Waals surface area contributed by atoms with Gasteiger partial charge in [0.15, 0.2) is 10.9 Å². The fraction of sp³-hybridized carbons (Fsp3) is 0.150. The number of hydrogen-bond acceptors (Lipinski definition) is 5. The largest absolute Gasteiger partial charge is 0.384 e. The van der Waals surface area contributed by atoms with Crippen LogP contribution in [0.1, 0.15) is 27.2 Å². The van der Waals surface area contributed by atoms with Crippen LogP contribution in [0.3, 0.4) is 0 Å². The second-order valence-electron chi connectivity index (χ2n) is 6.13. The van der Waals surface area contributed by atoms with E-state index in [9.17, 15) is 4.79 Å². The predicted molar refractivity (Wildman–Crippen MR) is 101 cm³/mol. The van der Waals surface area contributed by atoms with Crippen molar-refractivity contribution in [3.05, 3.63) is 70.9 Å². The highest BCUT2D eigenvalue weighted by atomic mass is 32.2. The zero-order chi connectivity index (χ0) is 17.4. The molecule has 0 unspecified atom stereocenters. The van der Waals surface area contributed by atoms with Gasteiger partial charge in [-0.05, 0) is 41.7 Å². The smallest absolute Gasteiger partial charge is 0.190 e. The monoisotopic (exact) mass is 347 g/mol. The third-order valence-electron chi connectivity index (χ3n) is 4.31. The number of anilines is 1. The summed E-state index contributed by atoms with van der Waals surface area (Å²) in [6, 6.07) is 16.1. The summed E-state index contributed by atoms with van der Waals surface area (Å²) in [6.45, 7) is 1.86. The fourth-order valence-corrected chi connectivity index (χ4v) is 3.95. The van der Waals surface area contributed by atoms with Gasteiger partial charge in [-0.1, -0.05) is 48.2 Å². The number of nitrogens with zero attached hydrogens (tertiary/aromatic N) is 2. The number of hydrogen-bond donors (Lipinski definition) is 1. The van der Waals surface area contributed by atoms with Gasteiger partial charge >= 0.3 is 0 Å². The summed E-state index contributed by atoms with van der Waals surface area (Å²) in [7, 11) is 0. The zero-order valence-corrected chi connectivity index (χ0v) is 14.6. The summed E-state index contributed by atoms with van der Waals surface area (Å²) >= 11 is 1.32. The highest BCUT2D eigenvalue weighted by molar-refractivity contribution is 7.99. The highest BCUT2D eigenvalue weighted by Crippen LogP contribution is 2.37. The van der Waals surface area contributed by atoms with Gasteiger partial charge in [0.25, 0.3) is 0 Å². The summed E-state index contributed by atoms with van der Waals surface area (Å²) in [4.78, 5) is 21.1. The first-order valence-corrected chi connectivity index (χ1v) is 9.07. The molecule has 0 aliphatic heterocycles. The molecule has 0 saturated heterocycles. The lowest BCUT2D eigenvalue weighted by Crippen LogP contribution is -2.04. The van der Waals surface area contributed by atoms with Crippen LogP contribution < -0.4 is 5.73 Å². The van der Waals surface area contributed by atoms with E-state index >= 15 is 0 Å². The summed E-state index contributed by atoms with van der Waals surface area (Å²) in [5.74, 6) is 0.793. The summed E-state index contributed by atoms with van der Waals surface area (Å²) in [6.07, 6.45) is 0.936. The van der Waals surface area contributed by atoms with Gasteiger partial charge < -0.3 is 5.73 Å². The number of nitrogen functional groups attached to an aromatic ring is 1. The number of thioether (sulfide) groups is 1. The number of fused-ring (bicyclic) bond motifs is 3. The normalized spacial score (nSPS) is 11.9. The standard InChI is InChI=1S/C20H17N3OS/c1-12-8-19(21)23-20(22-12)25-11-18(24)15-7-6-14-9-13-4-2-3-5-16(13)17(14)10-15/h2-8,10H,9,11H2,1H3,(H2,21,22,23). The van der Waals surface area contributed by atoms with Crippen LogP contribution in [0.15, 0.2) is 53.7 Å². The number of nitrogens with two attached hydrogens (primary N) is 1. The van der Waals surface area contributed by atoms with Crippen LogP contribution in [0, 0.1) is 6.92 Å². The SMILES string of the molecule is Cc1cc(N)nc(SCC(=O)c2ccc3c(c2)-c2ccccc2C3)n1. The molecule has 0 spiro atoms. The highest BCUT2D eigenvalue weighted by Gasteiger charge is 2.19. The van der Waals surface area contributed by atoms with Crippen LogP contribution in [0.2, 0.25) is 0 Å². The lowest BCUT2D eigenvalue weighted by molar-refractivity contribution is 0.102. The molecule has 4 nitrogen and oxygen atoms in total. The molecule has 0 atom stereocenters. The predicted octanol–water partition coefficient (Wildman–Crippen LogP) is 3.91. The summed E-state index contributed by atoms with van der Waals surface area (Å²) < 4.78 is 0. The Hall–Kier alpha value is -2.66. The van der Waals surface area contributed by atoms with Gasteiger partial charge in [-0.25, -0.2) is 9.97 Å². The Morgan fingerprint density at radius 2 is 1.88 bits per heavy atom. The van der Waals surface area contributed by atoms with E-state index in [4.69, 9.17) is 5.73 Å². The molecule has 124 valence electrons. The van der Waals surface area contributed by atoms with Crippen molar-refractivity contribution in [2.24, 2.45) is 0 Å². The van der Waals surface area contributed by atoms with Crippen molar-refractivity contribution in [2.45, 2.75) is 18.5 Å². The van der Waals surface area contributed by atoms with Crippen molar-refractivity contribution in [1.29, 1.82) is 0 Å². The molecule has 0 bridgehead atoms. The van der Waals surface area contributed by atoms with E-state index in [0.717, 1.165) is 17.7 Å². The maximum absolute atomic E-state index is 12.6. The third kappa shape index (κ3) is 3.15. The number of ketones is 1. The maximum Gasteiger partial charge on any atom is 0.190 e. The van der Waals surface area contributed by atoms with Crippen LogP contribution in [-0.4, -0.2) is 21.5 Å². The van der Waals surface area contributed by atoms with Gasteiger partial charge in [0.1, 0.15) is 5.82 Å². The molecular formula is C20H17N3OS. The second kappa shape index (κ2) is 6.33. The number of carbonyl (C=O) groups excluding carboxylic acids is 1. The van der Waals surface area contributed by atoms with Gasteiger partial charge in [-0.15, -0.1) is 0 Å². The van der Waals surface area contributed by atoms with Crippen LogP contribution in [0.4, 0.5) is 5.82 Å². The molecule has 0 amide bonds.